The summed E-state index contributed by atoms with van der Waals surface area (Å²) in [6.45, 7) is 3.17. The van der Waals surface area contributed by atoms with Crippen molar-refractivity contribution in [3.63, 3.8) is 0 Å². The lowest BCUT2D eigenvalue weighted by Crippen LogP contribution is -2.41. The van der Waals surface area contributed by atoms with Gasteiger partial charge in [-0.05, 0) is 84.1 Å². The molecular formula is C20H27NO4S. The fourth-order valence-electron chi connectivity index (χ4n) is 5.78. The van der Waals surface area contributed by atoms with Crippen LogP contribution in [0.3, 0.4) is 0 Å². The molecule has 4 atom stereocenters. The van der Waals surface area contributed by atoms with Crippen LogP contribution in [-0.2, 0) is 21.5 Å². The first-order valence-corrected chi connectivity index (χ1v) is 10.8. The zero-order chi connectivity index (χ0) is 18.5. The lowest BCUT2D eigenvalue weighted by molar-refractivity contribution is 0.0639. The number of allylic oxidation sites excluding steroid dienone is 1. The molecule has 6 heteroatoms. The molecule has 3 aliphatic carbocycles. The molecule has 1 saturated carbocycles. The van der Waals surface area contributed by atoms with Crippen molar-refractivity contribution in [1.29, 1.82) is 0 Å². The molecule has 142 valence electrons. The minimum Gasteiger partial charge on any atom is -0.380 e. The van der Waals surface area contributed by atoms with E-state index in [9.17, 15) is 8.42 Å². The number of hydrogen-bond acceptors (Lipinski definition) is 4. The summed E-state index contributed by atoms with van der Waals surface area (Å²) in [5.74, 6) is 2.22. The molecule has 0 aromatic heterocycles. The summed E-state index contributed by atoms with van der Waals surface area (Å²) >= 11 is 0. The maximum absolute atomic E-state index is 11.2. The summed E-state index contributed by atoms with van der Waals surface area (Å²) in [5.41, 5.74) is 4.32. The Hall–Kier alpha value is -1.37. The van der Waals surface area contributed by atoms with Gasteiger partial charge in [0.25, 0.3) is 0 Å². The van der Waals surface area contributed by atoms with Crippen LogP contribution in [0, 0.1) is 17.3 Å². The molecule has 4 rings (SSSR count). The zero-order valence-corrected chi connectivity index (χ0v) is 16.2. The lowest BCUT2D eigenvalue weighted by Gasteiger charge is -2.50. The summed E-state index contributed by atoms with van der Waals surface area (Å²) in [4.78, 5) is 0. The third-order valence-corrected chi connectivity index (χ3v) is 7.38. The molecule has 5 nitrogen and oxygen atoms in total. The second kappa shape index (κ2) is 6.36. The smallest absolute Gasteiger partial charge is 0.380 e. The molecule has 0 unspecified atom stereocenters. The van der Waals surface area contributed by atoms with Gasteiger partial charge in [0, 0.05) is 7.11 Å². The predicted molar refractivity (Wildman–Crippen MR) is 100 cm³/mol. The first-order chi connectivity index (χ1) is 12.3. The average molecular weight is 378 g/mol. The largest absolute Gasteiger partial charge is 0.380 e. The number of benzene rings is 1. The Kier molecular flexibility index (Phi) is 4.40. The standard InChI is InChI=1S/C20H27NO4S/c1-20-10-9-17-16-7-5-15(25-26(21,22)23)11-13(16)3-6-18(17)19(20)8-4-14(20)12-24-2/h4-5,7,11,17-19H,3,6,8-10,12H2,1-2H3,(H2,21,22,23)/t17-,18-,19-,20+/m0/s1. The Morgan fingerprint density at radius 1 is 1.31 bits per heavy atom. The molecule has 0 saturated heterocycles. The number of ether oxygens (including phenoxy) is 1. The Morgan fingerprint density at radius 3 is 2.85 bits per heavy atom. The number of methoxy groups -OCH3 is 1. The van der Waals surface area contributed by atoms with Gasteiger partial charge in [0.2, 0.25) is 0 Å². The first kappa shape index (κ1) is 18.0. The summed E-state index contributed by atoms with van der Waals surface area (Å²) in [5, 5.41) is 4.99. The number of nitrogens with two attached hydrogens (primary N) is 1. The molecule has 3 aliphatic rings. The molecule has 0 radical (unpaired) electrons. The van der Waals surface area contributed by atoms with Crippen molar-refractivity contribution >= 4 is 10.3 Å². The summed E-state index contributed by atoms with van der Waals surface area (Å²) < 4.78 is 32.7. The fraction of sp³-hybridized carbons (Fsp3) is 0.600. The third kappa shape index (κ3) is 2.98. The molecular weight excluding hydrogens is 350 g/mol. The highest BCUT2D eigenvalue weighted by Gasteiger charge is 2.51. The van der Waals surface area contributed by atoms with E-state index < -0.39 is 10.3 Å². The van der Waals surface area contributed by atoms with Crippen LogP contribution in [0.2, 0.25) is 0 Å². The maximum atomic E-state index is 11.2. The Balaban J connectivity index is 1.60. The van der Waals surface area contributed by atoms with Gasteiger partial charge in [0.1, 0.15) is 5.75 Å². The molecule has 0 bridgehead atoms. The highest BCUT2D eigenvalue weighted by Crippen LogP contribution is 2.61. The number of hydrogen-bond donors (Lipinski definition) is 1. The van der Waals surface area contributed by atoms with E-state index in [-0.39, 0.29) is 5.41 Å². The van der Waals surface area contributed by atoms with Gasteiger partial charge in [-0.15, -0.1) is 0 Å². The van der Waals surface area contributed by atoms with Gasteiger partial charge in [-0.3, -0.25) is 0 Å². The van der Waals surface area contributed by atoms with Crippen molar-refractivity contribution in [2.75, 3.05) is 13.7 Å². The van der Waals surface area contributed by atoms with Gasteiger partial charge in [-0.2, -0.15) is 13.6 Å². The zero-order valence-electron chi connectivity index (χ0n) is 15.4. The van der Waals surface area contributed by atoms with Gasteiger partial charge in [-0.1, -0.05) is 19.1 Å². The molecule has 1 aromatic rings. The van der Waals surface area contributed by atoms with E-state index in [0.29, 0.717) is 23.5 Å². The SMILES string of the molecule is COCC1=CC[C@H]2[C@H]3CCc4cc(OS(N)(=O)=O)ccc4[C@@H]3CC[C@]12C. The Bertz CT molecular complexity index is 847. The average Bonchev–Trinajstić information content (AvgIpc) is 2.90. The van der Waals surface area contributed by atoms with Crippen molar-refractivity contribution < 1.29 is 17.3 Å². The van der Waals surface area contributed by atoms with Gasteiger partial charge in [0.05, 0.1) is 6.61 Å². The molecule has 0 heterocycles. The second-order valence-electron chi connectivity index (χ2n) is 8.21. The van der Waals surface area contributed by atoms with Crippen LogP contribution in [0.1, 0.15) is 49.7 Å². The molecule has 26 heavy (non-hydrogen) atoms. The van der Waals surface area contributed by atoms with Crippen LogP contribution < -0.4 is 9.32 Å². The van der Waals surface area contributed by atoms with E-state index in [2.05, 4.69) is 13.0 Å². The van der Waals surface area contributed by atoms with E-state index >= 15 is 0 Å². The van der Waals surface area contributed by atoms with Crippen molar-refractivity contribution in [2.24, 2.45) is 22.4 Å². The molecule has 1 aromatic carbocycles. The monoisotopic (exact) mass is 377 g/mol. The van der Waals surface area contributed by atoms with Crippen molar-refractivity contribution in [3.8, 4) is 5.75 Å². The Labute approximate surface area is 155 Å². The van der Waals surface area contributed by atoms with E-state index in [1.807, 2.05) is 12.1 Å². The molecule has 0 aliphatic heterocycles. The summed E-state index contributed by atoms with van der Waals surface area (Å²) in [7, 11) is -2.20. The quantitative estimate of drug-likeness (QED) is 0.817. The summed E-state index contributed by atoms with van der Waals surface area (Å²) in [6.07, 6.45) is 8.02. The van der Waals surface area contributed by atoms with Crippen molar-refractivity contribution in [1.82, 2.24) is 0 Å². The van der Waals surface area contributed by atoms with Crippen molar-refractivity contribution in [2.45, 2.75) is 44.9 Å². The van der Waals surface area contributed by atoms with Gasteiger partial charge < -0.3 is 8.92 Å². The summed E-state index contributed by atoms with van der Waals surface area (Å²) in [6, 6.07) is 5.64. The van der Waals surface area contributed by atoms with Crippen LogP contribution in [0.5, 0.6) is 5.75 Å². The molecule has 0 amide bonds. The minimum atomic E-state index is -3.98. The van der Waals surface area contributed by atoms with Crippen LogP contribution in [0.25, 0.3) is 0 Å². The first-order valence-electron chi connectivity index (χ1n) is 9.35. The topological polar surface area (TPSA) is 78.6 Å². The van der Waals surface area contributed by atoms with Gasteiger partial charge in [0.15, 0.2) is 0 Å². The molecule has 1 fully saturated rings. The Morgan fingerprint density at radius 2 is 2.12 bits per heavy atom. The normalized spacial score (nSPS) is 33.0. The van der Waals surface area contributed by atoms with Crippen LogP contribution in [-0.4, -0.2) is 22.1 Å². The molecule has 0 spiro atoms. The van der Waals surface area contributed by atoms with E-state index in [0.717, 1.165) is 25.9 Å². The van der Waals surface area contributed by atoms with E-state index in [4.69, 9.17) is 14.1 Å². The second-order valence-corrected chi connectivity index (χ2v) is 9.36. The van der Waals surface area contributed by atoms with Crippen LogP contribution in [0.15, 0.2) is 29.8 Å². The molecule has 2 N–H and O–H groups in total. The van der Waals surface area contributed by atoms with Crippen molar-refractivity contribution in [3.05, 3.63) is 41.0 Å². The number of fused-ring (bicyclic) bond motifs is 5. The highest BCUT2D eigenvalue weighted by molar-refractivity contribution is 7.84. The van der Waals surface area contributed by atoms with Gasteiger partial charge >= 0.3 is 10.3 Å². The van der Waals surface area contributed by atoms with Crippen LogP contribution in [0.4, 0.5) is 0 Å². The predicted octanol–water partition coefficient (Wildman–Crippen LogP) is 3.31. The maximum Gasteiger partial charge on any atom is 0.380 e. The van der Waals surface area contributed by atoms with E-state index in [1.54, 1.807) is 13.2 Å². The van der Waals surface area contributed by atoms with Gasteiger partial charge in [-0.25, -0.2) is 0 Å². The highest BCUT2D eigenvalue weighted by atomic mass is 32.2. The number of rotatable bonds is 4. The van der Waals surface area contributed by atoms with E-state index in [1.165, 1.54) is 29.5 Å². The minimum absolute atomic E-state index is 0.269. The van der Waals surface area contributed by atoms with Crippen LogP contribution >= 0.6 is 0 Å². The lowest BCUT2D eigenvalue weighted by atomic mass is 9.54. The fourth-order valence-corrected chi connectivity index (χ4v) is 6.15. The number of aryl methyl sites for hydroxylation is 1. The third-order valence-electron chi connectivity index (χ3n) is 6.95.